The maximum atomic E-state index is 13.2. The van der Waals surface area contributed by atoms with Crippen LogP contribution < -0.4 is 10.6 Å². The van der Waals surface area contributed by atoms with E-state index in [1.807, 2.05) is 0 Å². The number of urea groups is 1. The summed E-state index contributed by atoms with van der Waals surface area (Å²) < 4.78 is 13.2. The van der Waals surface area contributed by atoms with Crippen LogP contribution in [0.1, 0.15) is 32.1 Å². The Bertz CT molecular complexity index is 433. The summed E-state index contributed by atoms with van der Waals surface area (Å²) in [5, 5.41) is 5.55. The predicted octanol–water partition coefficient (Wildman–Crippen LogP) is 3.93. The lowest BCUT2D eigenvalue weighted by Crippen LogP contribution is -2.39. The van der Waals surface area contributed by atoms with Gasteiger partial charge < -0.3 is 10.6 Å². The van der Waals surface area contributed by atoms with Crippen molar-refractivity contribution in [3.05, 3.63) is 29.0 Å². The van der Waals surface area contributed by atoms with Crippen LogP contribution in [0.25, 0.3) is 0 Å². The molecule has 0 radical (unpaired) electrons. The first-order valence-electron chi connectivity index (χ1n) is 6.18. The molecule has 2 N–H and O–H groups in total. The average molecular weight is 271 g/mol. The summed E-state index contributed by atoms with van der Waals surface area (Å²) in [5.41, 5.74) is 0.408. The van der Waals surface area contributed by atoms with Crippen LogP contribution in [-0.4, -0.2) is 12.1 Å². The van der Waals surface area contributed by atoms with Crippen molar-refractivity contribution in [2.45, 2.75) is 38.1 Å². The van der Waals surface area contributed by atoms with Gasteiger partial charge in [-0.2, -0.15) is 0 Å². The first kappa shape index (κ1) is 13.1. The molecule has 0 heterocycles. The average Bonchev–Trinajstić information content (AvgIpc) is 2.35. The number of carbonyl (C=O) groups is 1. The lowest BCUT2D eigenvalue weighted by atomic mass is 9.96. The third-order valence-electron chi connectivity index (χ3n) is 3.12. The Morgan fingerprint density at radius 3 is 2.67 bits per heavy atom. The van der Waals surface area contributed by atoms with Gasteiger partial charge in [0, 0.05) is 11.7 Å². The van der Waals surface area contributed by atoms with E-state index >= 15 is 0 Å². The molecule has 5 heteroatoms. The van der Waals surface area contributed by atoms with Crippen molar-refractivity contribution >= 4 is 23.3 Å². The van der Waals surface area contributed by atoms with Gasteiger partial charge in [-0.3, -0.25) is 0 Å². The number of hydrogen-bond acceptors (Lipinski definition) is 1. The topological polar surface area (TPSA) is 41.1 Å². The number of halogens is 2. The zero-order chi connectivity index (χ0) is 13.0. The third kappa shape index (κ3) is 3.60. The third-order valence-corrected chi connectivity index (χ3v) is 3.42. The van der Waals surface area contributed by atoms with Gasteiger partial charge in [0.1, 0.15) is 5.82 Å². The van der Waals surface area contributed by atoms with E-state index in [-0.39, 0.29) is 17.1 Å². The Labute approximate surface area is 111 Å². The fourth-order valence-electron chi connectivity index (χ4n) is 2.17. The molecule has 1 aromatic rings. The van der Waals surface area contributed by atoms with Crippen molar-refractivity contribution in [2.75, 3.05) is 5.32 Å². The van der Waals surface area contributed by atoms with E-state index in [1.54, 1.807) is 6.07 Å². The molecule has 0 saturated heterocycles. The second-order valence-electron chi connectivity index (χ2n) is 4.56. The molecule has 0 bridgehead atoms. The van der Waals surface area contributed by atoms with Gasteiger partial charge in [-0.25, -0.2) is 9.18 Å². The molecule has 0 atom stereocenters. The van der Waals surface area contributed by atoms with Gasteiger partial charge in [0.05, 0.1) is 5.02 Å². The van der Waals surface area contributed by atoms with Crippen molar-refractivity contribution in [2.24, 2.45) is 0 Å². The summed E-state index contributed by atoms with van der Waals surface area (Å²) in [6.45, 7) is 0. The normalized spacial score (nSPS) is 16.3. The first-order chi connectivity index (χ1) is 8.65. The summed E-state index contributed by atoms with van der Waals surface area (Å²) in [5.74, 6) is -0.535. The van der Waals surface area contributed by atoms with Gasteiger partial charge in [0.25, 0.3) is 0 Å². The zero-order valence-electron chi connectivity index (χ0n) is 10.0. The summed E-state index contributed by atoms with van der Waals surface area (Å²) in [6, 6.07) is 4.15. The number of nitrogens with one attached hydrogen (secondary N) is 2. The van der Waals surface area contributed by atoms with E-state index in [0.29, 0.717) is 5.69 Å². The number of benzene rings is 1. The van der Waals surface area contributed by atoms with E-state index in [4.69, 9.17) is 11.6 Å². The van der Waals surface area contributed by atoms with Crippen LogP contribution in [0.15, 0.2) is 18.2 Å². The Balaban J connectivity index is 1.88. The van der Waals surface area contributed by atoms with Crippen LogP contribution in [0.4, 0.5) is 14.9 Å². The molecule has 3 nitrogen and oxygen atoms in total. The minimum Gasteiger partial charge on any atom is -0.335 e. The summed E-state index contributed by atoms with van der Waals surface area (Å²) in [7, 11) is 0. The van der Waals surface area contributed by atoms with Gasteiger partial charge in [-0.05, 0) is 31.0 Å². The smallest absolute Gasteiger partial charge is 0.319 e. The van der Waals surface area contributed by atoms with Crippen LogP contribution in [0, 0.1) is 5.82 Å². The van der Waals surface area contributed by atoms with Gasteiger partial charge in [0.2, 0.25) is 0 Å². The zero-order valence-corrected chi connectivity index (χ0v) is 10.8. The molecule has 98 valence electrons. The Morgan fingerprint density at radius 2 is 2.00 bits per heavy atom. The maximum absolute atomic E-state index is 13.2. The Hall–Kier alpha value is -1.29. The second kappa shape index (κ2) is 6.05. The number of anilines is 1. The van der Waals surface area contributed by atoms with Crippen LogP contribution in [-0.2, 0) is 0 Å². The quantitative estimate of drug-likeness (QED) is 0.840. The minimum atomic E-state index is -0.535. The van der Waals surface area contributed by atoms with Gasteiger partial charge in [-0.1, -0.05) is 30.9 Å². The maximum Gasteiger partial charge on any atom is 0.319 e. The van der Waals surface area contributed by atoms with E-state index in [1.165, 1.54) is 18.6 Å². The van der Waals surface area contributed by atoms with Crippen LogP contribution in [0.2, 0.25) is 5.02 Å². The molecule has 1 aliphatic rings. The second-order valence-corrected chi connectivity index (χ2v) is 4.97. The molecular formula is C13H16ClFN2O. The number of amides is 2. The van der Waals surface area contributed by atoms with Gasteiger partial charge in [-0.15, -0.1) is 0 Å². The van der Waals surface area contributed by atoms with Crippen molar-refractivity contribution < 1.29 is 9.18 Å². The van der Waals surface area contributed by atoms with Crippen LogP contribution in [0.5, 0.6) is 0 Å². The molecule has 1 aromatic carbocycles. The minimum absolute atomic E-state index is 0.0493. The lowest BCUT2D eigenvalue weighted by molar-refractivity contribution is 0.244. The fourth-order valence-corrected chi connectivity index (χ4v) is 2.29. The highest BCUT2D eigenvalue weighted by atomic mass is 35.5. The molecular weight excluding hydrogens is 255 g/mol. The summed E-state index contributed by atoms with van der Waals surface area (Å²) in [4.78, 5) is 11.7. The molecule has 0 spiro atoms. The molecule has 0 aromatic heterocycles. The highest BCUT2D eigenvalue weighted by molar-refractivity contribution is 6.30. The van der Waals surface area contributed by atoms with E-state index in [2.05, 4.69) is 10.6 Å². The van der Waals surface area contributed by atoms with E-state index < -0.39 is 5.82 Å². The first-order valence-corrected chi connectivity index (χ1v) is 6.55. The monoisotopic (exact) mass is 270 g/mol. The van der Waals surface area contributed by atoms with E-state index in [9.17, 15) is 9.18 Å². The standard InChI is InChI=1S/C13H16ClFN2O/c14-11-7-6-10(8-12(11)15)17-13(18)16-9-4-2-1-3-5-9/h6-9H,1-5H2,(H2,16,17,18). The Kier molecular flexibility index (Phi) is 4.42. The molecule has 1 aliphatic carbocycles. The highest BCUT2D eigenvalue weighted by Gasteiger charge is 2.15. The number of carbonyl (C=O) groups excluding carboxylic acids is 1. The lowest BCUT2D eigenvalue weighted by Gasteiger charge is -2.22. The van der Waals surface area contributed by atoms with Crippen molar-refractivity contribution in [1.82, 2.24) is 5.32 Å². The molecule has 2 amide bonds. The van der Waals surface area contributed by atoms with Crippen molar-refractivity contribution in [3.8, 4) is 0 Å². The fraction of sp³-hybridized carbons (Fsp3) is 0.462. The largest absolute Gasteiger partial charge is 0.335 e. The molecule has 0 aliphatic heterocycles. The van der Waals surface area contributed by atoms with Crippen LogP contribution in [0.3, 0.4) is 0 Å². The Morgan fingerprint density at radius 1 is 1.28 bits per heavy atom. The molecule has 18 heavy (non-hydrogen) atoms. The van der Waals surface area contributed by atoms with Gasteiger partial charge >= 0.3 is 6.03 Å². The molecule has 1 fully saturated rings. The van der Waals surface area contributed by atoms with Crippen molar-refractivity contribution in [3.63, 3.8) is 0 Å². The summed E-state index contributed by atoms with van der Waals surface area (Å²) >= 11 is 5.57. The van der Waals surface area contributed by atoms with E-state index in [0.717, 1.165) is 25.7 Å². The predicted molar refractivity (Wildman–Crippen MR) is 70.4 cm³/mol. The molecule has 0 unspecified atom stereocenters. The SMILES string of the molecule is O=C(Nc1ccc(Cl)c(F)c1)NC1CCCCC1. The van der Waals surface area contributed by atoms with Crippen molar-refractivity contribution in [1.29, 1.82) is 0 Å². The summed E-state index contributed by atoms with van der Waals surface area (Å²) in [6.07, 6.45) is 5.58. The molecule has 1 saturated carbocycles. The van der Waals surface area contributed by atoms with Crippen LogP contribution >= 0.6 is 11.6 Å². The van der Waals surface area contributed by atoms with Gasteiger partial charge in [0.15, 0.2) is 0 Å². The number of hydrogen-bond donors (Lipinski definition) is 2. The molecule has 2 rings (SSSR count). The highest BCUT2D eigenvalue weighted by Crippen LogP contribution is 2.19. The number of rotatable bonds is 2.